The number of alkyl halides is 3. The van der Waals surface area contributed by atoms with Crippen LogP contribution in [0.2, 0.25) is 0 Å². The van der Waals surface area contributed by atoms with Crippen molar-refractivity contribution in [2.24, 2.45) is 0 Å². The van der Waals surface area contributed by atoms with E-state index in [9.17, 15) is 13.2 Å². The van der Waals surface area contributed by atoms with Gasteiger partial charge in [-0.15, -0.1) is 13.2 Å². The van der Waals surface area contributed by atoms with Gasteiger partial charge in [0.25, 0.3) is 0 Å². The van der Waals surface area contributed by atoms with Crippen LogP contribution in [0.1, 0.15) is 5.56 Å². The van der Waals surface area contributed by atoms with E-state index in [1.807, 2.05) is 0 Å². The number of phenolic OH excluding ortho intramolecular Hbond substituents is 1. The highest BCUT2D eigenvalue weighted by molar-refractivity contribution is 5.44. The maximum Gasteiger partial charge on any atom is 0.573 e. The number of phenols is 1. The molecule has 0 atom stereocenters. The molecule has 0 radical (unpaired) electrons. The van der Waals surface area contributed by atoms with Gasteiger partial charge in [0.15, 0.2) is 11.5 Å². The largest absolute Gasteiger partial charge is 0.573 e. The smallest absolute Gasteiger partial charge is 0.504 e. The summed E-state index contributed by atoms with van der Waals surface area (Å²) in [6, 6.07) is 3.99. The van der Waals surface area contributed by atoms with E-state index in [0.29, 0.717) is 0 Å². The SMILES string of the molecule is Cc1cccc(O)c1OC(F)(F)F. The Morgan fingerprint density at radius 3 is 2.38 bits per heavy atom. The van der Waals surface area contributed by atoms with Gasteiger partial charge in [-0.05, 0) is 18.6 Å². The monoisotopic (exact) mass is 192 g/mol. The number of aryl methyl sites for hydroxylation is 1. The molecule has 13 heavy (non-hydrogen) atoms. The number of ether oxygens (including phenoxy) is 1. The van der Waals surface area contributed by atoms with Crippen molar-refractivity contribution in [1.29, 1.82) is 0 Å². The highest BCUT2D eigenvalue weighted by Gasteiger charge is 2.32. The molecule has 0 aromatic heterocycles. The standard InChI is InChI=1S/C8H7F3O2/c1-5-3-2-4-6(12)7(5)13-8(9,10)11/h2-4,12H,1H3. The Kier molecular flexibility index (Phi) is 2.36. The number of hydrogen-bond donors (Lipinski definition) is 1. The Morgan fingerprint density at radius 1 is 1.31 bits per heavy atom. The zero-order valence-electron chi connectivity index (χ0n) is 6.72. The number of aromatic hydroxyl groups is 1. The summed E-state index contributed by atoms with van der Waals surface area (Å²) in [5.74, 6) is -1.06. The third-order valence-electron chi connectivity index (χ3n) is 1.41. The van der Waals surface area contributed by atoms with Gasteiger partial charge in [0.05, 0.1) is 0 Å². The van der Waals surface area contributed by atoms with Crippen LogP contribution in [0, 0.1) is 6.92 Å². The van der Waals surface area contributed by atoms with Crippen LogP contribution in [0.4, 0.5) is 13.2 Å². The Morgan fingerprint density at radius 2 is 1.92 bits per heavy atom. The first-order valence-corrected chi connectivity index (χ1v) is 3.44. The van der Waals surface area contributed by atoms with E-state index in [2.05, 4.69) is 4.74 Å². The highest BCUT2D eigenvalue weighted by atomic mass is 19.4. The van der Waals surface area contributed by atoms with Crippen molar-refractivity contribution in [3.8, 4) is 11.5 Å². The second kappa shape index (κ2) is 3.16. The molecule has 1 aromatic carbocycles. The van der Waals surface area contributed by atoms with E-state index in [1.165, 1.54) is 19.1 Å². The van der Waals surface area contributed by atoms with E-state index in [1.54, 1.807) is 0 Å². The zero-order valence-corrected chi connectivity index (χ0v) is 6.72. The Hall–Kier alpha value is -1.39. The molecule has 0 aliphatic heterocycles. The highest BCUT2D eigenvalue weighted by Crippen LogP contribution is 2.33. The molecule has 0 fully saturated rings. The lowest BCUT2D eigenvalue weighted by atomic mass is 10.2. The lowest BCUT2D eigenvalue weighted by molar-refractivity contribution is -0.275. The van der Waals surface area contributed by atoms with Crippen molar-refractivity contribution in [3.05, 3.63) is 23.8 Å². The summed E-state index contributed by atoms with van der Waals surface area (Å²) in [5.41, 5.74) is 0.234. The van der Waals surface area contributed by atoms with Crippen LogP contribution in [-0.2, 0) is 0 Å². The average molecular weight is 192 g/mol. The van der Waals surface area contributed by atoms with Gasteiger partial charge in [-0.1, -0.05) is 12.1 Å². The summed E-state index contributed by atoms with van der Waals surface area (Å²) in [4.78, 5) is 0. The Bertz CT molecular complexity index is 286. The van der Waals surface area contributed by atoms with Gasteiger partial charge in [-0.25, -0.2) is 0 Å². The Balaban J connectivity index is 3.00. The first kappa shape index (κ1) is 9.70. The van der Waals surface area contributed by atoms with Crippen molar-refractivity contribution in [2.45, 2.75) is 13.3 Å². The van der Waals surface area contributed by atoms with Gasteiger partial charge in [-0.3, -0.25) is 0 Å². The van der Waals surface area contributed by atoms with E-state index in [-0.39, 0.29) is 5.56 Å². The quantitative estimate of drug-likeness (QED) is 0.741. The number of hydrogen-bond acceptors (Lipinski definition) is 2. The van der Waals surface area contributed by atoms with Crippen molar-refractivity contribution < 1.29 is 23.0 Å². The molecule has 0 saturated heterocycles. The Labute approximate surface area is 72.6 Å². The van der Waals surface area contributed by atoms with Gasteiger partial charge in [0.2, 0.25) is 0 Å². The van der Waals surface area contributed by atoms with Gasteiger partial charge in [0, 0.05) is 0 Å². The molecule has 0 amide bonds. The molecule has 0 aliphatic carbocycles. The fourth-order valence-electron chi connectivity index (χ4n) is 0.885. The molecule has 2 nitrogen and oxygen atoms in total. The van der Waals surface area contributed by atoms with Crippen LogP contribution in [0.15, 0.2) is 18.2 Å². The summed E-state index contributed by atoms with van der Waals surface area (Å²) in [6.07, 6.45) is -4.77. The maximum absolute atomic E-state index is 11.8. The number of halogens is 3. The van der Waals surface area contributed by atoms with Gasteiger partial charge in [-0.2, -0.15) is 0 Å². The molecule has 0 bridgehead atoms. The molecule has 0 unspecified atom stereocenters. The molecule has 0 saturated carbocycles. The molecule has 5 heteroatoms. The normalized spacial score (nSPS) is 11.4. The zero-order chi connectivity index (χ0) is 10.1. The third kappa shape index (κ3) is 2.54. The van der Waals surface area contributed by atoms with Crippen LogP contribution < -0.4 is 4.74 Å². The van der Waals surface area contributed by atoms with Gasteiger partial charge in [0.1, 0.15) is 0 Å². The van der Waals surface area contributed by atoms with E-state index >= 15 is 0 Å². The molecule has 1 rings (SSSR count). The minimum atomic E-state index is -4.77. The summed E-state index contributed by atoms with van der Waals surface area (Å²) >= 11 is 0. The molecule has 72 valence electrons. The van der Waals surface area contributed by atoms with Crippen molar-refractivity contribution in [1.82, 2.24) is 0 Å². The minimum absolute atomic E-state index is 0.234. The van der Waals surface area contributed by atoms with E-state index in [4.69, 9.17) is 5.11 Å². The summed E-state index contributed by atoms with van der Waals surface area (Å²) in [7, 11) is 0. The van der Waals surface area contributed by atoms with Crippen LogP contribution in [0.5, 0.6) is 11.5 Å². The lowest BCUT2D eigenvalue weighted by Gasteiger charge is -2.11. The number of para-hydroxylation sites is 1. The first-order valence-electron chi connectivity index (χ1n) is 3.44. The fraction of sp³-hybridized carbons (Fsp3) is 0.250. The second-order valence-corrected chi connectivity index (χ2v) is 2.47. The topological polar surface area (TPSA) is 29.5 Å². The van der Waals surface area contributed by atoms with Gasteiger partial charge < -0.3 is 9.84 Å². The average Bonchev–Trinajstić information content (AvgIpc) is 1.95. The molecular formula is C8H7F3O2. The predicted octanol–water partition coefficient (Wildman–Crippen LogP) is 2.60. The number of benzene rings is 1. The molecule has 1 aromatic rings. The van der Waals surface area contributed by atoms with Crippen LogP contribution >= 0.6 is 0 Å². The fourth-order valence-corrected chi connectivity index (χ4v) is 0.885. The summed E-state index contributed by atoms with van der Waals surface area (Å²) in [6.45, 7) is 1.42. The van der Waals surface area contributed by atoms with Crippen molar-refractivity contribution >= 4 is 0 Å². The van der Waals surface area contributed by atoms with Crippen LogP contribution in [0.3, 0.4) is 0 Å². The maximum atomic E-state index is 11.8. The molecule has 0 spiro atoms. The lowest BCUT2D eigenvalue weighted by Crippen LogP contribution is -2.17. The molecule has 0 aliphatic rings. The van der Waals surface area contributed by atoms with Crippen LogP contribution in [0.25, 0.3) is 0 Å². The number of rotatable bonds is 1. The molecule has 0 heterocycles. The second-order valence-electron chi connectivity index (χ2n) is 2.47. The van der Waals surface area contributed by atoms with Crippen molar-refractivity contribution in [3.63, 3.8) is 0 Å². The summed E-state index contributed by atoms with van der Waals surface area (Å²) < 4.78 is 38.9. The van der Waals surface area contributed by atoms with E-state index < -0.39 is 17.9 Å². The predicted molar refractivity (Wildman–Crippen MR) is 39.5 cm³/mol. The molecular weight excluding hydrogens is 185 g/mol. The van der Waals surface area contributed by atoms with E-state index in [0.717, 1.165) is 6.07 Å². The summed E-state index contributed by atoms with van der Waals surface area (Å²) in [5, 5.41) is 9.03. The van der Waals surface area contributed by atoms with Crippen LogP contribution in [-0.4, -0.2) is 11.5 Å². The molecule has 1 N–H and O–H groups in total. The van der Waals surface area contributed by atoms with Crippen molar-refractivity contribution in [2.75, 3.05) is 0 Å². The first-order chi connectivity index (χ1) is 5.90. The van der Waals surface area contributed by atoms with Gasteiger partial charge >= 0.3 is 6.36 Å². The minimum Gasteiger partial charge on any atom is -0.504 e. The third-order valence-corrected chi connectivity index (χ3v) is 1.41.